The van der Waals surface area contributed by atoms with E-state index in [0.29, 0.717) is 11.3 Å². The summed E-state index contributed by atoms with van der Waals surface area (Å²) in [5.74, 6) is -0.767. The van der Waals surface area contributed by atoms with Crippen LogP contribution in [0.15, 0.2) is 24.3 Å². The fraction of sp³-hybridized carbons (Fsp3) is 0.333. The van der Waals surface area contributed by atoms with Crippen LogP contribution in [0.4, 0.5) is 4.79 Å². The van der Waals surface area contributed by atoms with Crippen LogP contribution >= 0.6 is 0 Å². The van der Waals surface area contributed by atoms with E-state index in [1.165, 1.54) is 4.90 Å². The maximum Gasteiger partial charge on any atom is 0.414 e. The van der Waals surface area contributed by atoms with Crippen molar-refractivity contribution in [3.63, 3.8) is 0 Å². The Kier molecular flexibility index (Phi) is 4.67. The molecule has 0 fully saturated rings. The lowest BCUT2D eigenvalue weighted by atomic mass is 10.1. The van der Waals surface area contributed by atoms with Crippen LogP contribution in [0.1, 0.15) is 5.56 Å². The van der Waals surface area contributed by atoms with E-state index in [2.05, 4.69) is 0 Å². The number of para-hydroxylation sites is 1. The molecule has 0 bridgehead atoms. The zero-order chi connectivity index (χ0) is 13.7. The first kappa shape index (κ1) is 14.0. The molecule has 0 spiro atoms. The second-order valence-corrected chi connectivity index (χ2v) is 4.02. The zero-order valence-corrected chi connectivity index (χ0v) is 10.3. The number of carboxylic acids is 1. The molecular weight excluding hydrogens is 236 g/mol. The third-order valence-corrected chi connectivity index (χ3v) is 2.29. The molecular formula is C12H16N2O4. The molecule has 98 valence electrons. The summed E-state index contributed by atoms with van der Waals surface area (Å²) in [6.07, 6.45) is -0.419. The van der Waals surface area contributed by atoms with Crippen molar-refractivity contribution in [3.8, 4) is 5.75 Å². The van der Waals surface area contributed by atoms with Crippen molar-refractivity contribution in [2.45, 2.75) is 12.5 Å². The Morgan fingerprint density at radius 2 is 2.00 bits per heavy atom. The Labute approximate surface area is 105 Å². The average molecular weight is 252 g/mol. The van der Waals surface area contributed by atoms with E-state index in [1.54, 1.807) is 38.4 Å². The number of aliphatic carboxylic acids is 1. The molecule has 1 amide bonds. The van der Waals surface area contributed by atoms with Gasteiger partial charge in [0.2, 0.25) is 0 Å². The summed E-state index contributed by atoms with van der Waals surface area (Å²) in [6, 6.07) is 5.70. The largest absolute Gasteiger partial charge is 0.480 e. The van der Waals surface area contributed by atoms with E-state index in [4.69, 9.17) is 15.6 Å². The van der Waals surface area contributed by atoms with Crippen molar-refractivity contribution in [1.29, 1.82) is 0 Å². The lowest BCUT2D eigenvalue weighted by Crippen LogP contribution is -2.32. The second kappa shape index (κ2) is 6.02. The molecule has 1 aromatic rings. The van der Waals surface area contributed by atoms with Gasteiger partial charge in [0.15, 0.2) is 0 Å². The fourth-order valence-corrected chi connectivity index (χ4v) is 1.28. The van der Waals surface area contributed by atoms with E-state index in [0.717, 1.165) is 0 Å². The minimum absolute atomic E-state index is 0.103. The van der Waals surface area contributed by atoms with Crippen LogP contribution in [-0.2, 0) is 11.2 Å². The number of nitrogens with zero attached hydrogens (tertiary/aromatic N) is 1. The molecule has 1 aromatic carbocycles. The van der Waals surface area contributed by atoms with Crippen LogP contribution in [0.2, 0.25) is 0 Å². The fourth-order valence-electron chi connectivity index (χ4n) is 1.28. The van der Waals surface area contributed by atoms with Crippen LogP contribution in [0.3, 0.4) is 0 Å². The van der Waals surface area contributed by atoms with Gasteiger partial charge in [0, 0.05) is 20.5 Å². The Morgan fingerprint density at radius 1 is 1.39 bits per heavy atom. The Balaban J connectivity index is 2.86. The highest BCUT2D eigenvalue weighted by molar-refractivity contribution is 5.74. The van der Waals surface area contributed by atoms with Gasteiger partial charge < -0.3 is 20.5 Å². The molecule has 0 aromatic heterocycles. The first-order valence-electron chi connectivity index (χ1n) is 5.37. The van der Waals surface area contributed by atoms with Gasteiger partial charge in [-0.05, 0) is 11.6 Å². The summed E-state index contributed by atoms with van der Waals surface area (Å²) < 4.78 is 5.13. The van der Waals surface area contributed by atoms with Gasteiger partial charge in [0.05, 0.1) is 0 Å². The molecule has 3 N–H and O–H groups in total. The third kappa shape index (κ3) is 3.74. The van der Waals surface area contributed by atoms with Gasteiger partial charge >= 0.3 is 12.1 Å². The van der Waals surface area contributed by atoms with Gasteiger partial charge in [-0.25, -0.2) is 4.79 Å². The summed E-state index contributed by atoms with van der Waals surface area (Å²) >= 11 is 0. The normalized spacial score (nSPS) is 11.7. The molecule has 0 saturated carbocycles. The monoisotopic (exact) mass is 252 g/mol. The van der Waals surface area contributed by atoms with E-state index in [9.17, 15) is 9.59 Å². The number of hydrogen-bond donors (Lipinski definition) is 2. The van der Waals surface area contributed by atoms with E-state index >= 15 is 0 Å². The molecule has 1 rings (SSSR count). The topological polar surface area (TPSA) is 92.9 Å². The minimum Gasteiger partial charge on any atom is -0.480 e. The number of carbonyl (C=O) groups is 2. The predicted octanol–water partition coefficient (Wildman–Crippen LogP) is 0.701. The highest BCUT2D eigenvalue weighted by Gasteiger charge is 2.16. The summed E-state index contributed by atoms with van der Waals surface area (Å²) in [4.78, 5) is 23.4. The molecule has 1 unspecified atom stereocenters. The standard InChI is InChI=1S/C12H16N2O4/c1-14(2)12(17)18-10-6-4-3-5-8(10)7-9(13)11(15)16/h3-6,9H,7,13H2,1-2H3,(H,15,16). The molecule has 0 heterocycles. The first-order chi connectivity index (χ1) is 8.41. The average Bonchev–Trinajstić information content (AvgIpc) is 2.31. The van der Waals surface area contributed by atoms with Crippen molar-refractivity contribution in [2.24, 2.45) is 5.73 Å². The maximum absolute atomic E-state index is 11.4. The summed E-state index contributed by atoms with van der Waals surface area (Å²) in [5, 5.41) is 8.76. The number of hydrogen-bond acceptors (Lipinski definition) is 4. The van der Waals surface area contributed by atoms with Crippen molar-refractivity contribution < 1.29 is 19.4 Å². The molecule has 0 aliphatic rings. The van der Waals surface area contributed by atoms with Crippen molar-refractivity contribution >= 4 is 12.1 Å². The molecule has 6 nitrogen and oxygen atoms in total. The maximum atomic E-state index is 11.4. The summed E-state index contributed by atoms with van der Waals surface area (Å²) in [6.45, 7) is 0. The van der Waals surface area contributed by atoms with Gasteiger partial charge in [0.25, 0.3) is 0 Å². The van der Waals surface area contributed by atoms with Crippen molar-refractivity contribution in [2.75, 3.05) is 14.1 Å². The van der Waals surface area contributed by atoms with Crippen molar-refractivity contribution in [3.05, 3.63) is 29.8 Å². The number of rotatable bonds is 4. The quantitative estimate of drug-likeness (QED) is 0.822. The van der Waals surface area contributed by atoms with Gasteiger partial charge in [-0.3, -0.25) is 4.79 Å². The number of carboxylic acid groups (broad SMARTS) is 1. The van der Waals surface area contributed by atoms with Crippen LogP contribution in [0.25, 0.3) is 0 Å². The second-order valence-electron chi connectivity index (χ2n) is 4.02. The van der Waals surface area contributed by atoms with Gasteiger partial charge in [-0.1, -0.05) is 18.2 Å². The molecule has 0 aliphatic carbocycles. The summed E-state index contributed by atoms with van der Waals surface area (Å²) in [7, 11) is 3.13. The molecule has 1 atom stereocenters. The lowest BCUT2D eigenvalue weighted by molar-refractivity contribution is -0.138. The number of amides is 1. The Hall–Kier alpha value is -2.08. The van der Waals surface area contributed by atoms with Crippen LogP contribution in [0, 0.1) is 0 Å². The molecule has 0 saturated heterocycles. The Bertz CT molecular complexity index is 445. The highest BCUT2D eigenvalue weighted by atomic mass is 16.6. The van der Waals surface area contributed by atoms with Gasteiger partial charge in [0.1, 0.15) is 11.8 Å². The molecule has 6 heteroatoms. The van der Waals surface area contributed by atoms with E-state index in [1.807, 2.05) is 0 Å². The van der Waals surface area contributed by atoms with E-state index in [-0.39, 0.29) is 6.42 Å². The van der Waals surface area contributed by atoms with Crippen LogP contribution < -0.4 is 10.5 Å². The number of benzene rings is 1. The highest BCUT2D eigenvalue weighted by Crippen LogP contribution is 2.20. The number of ether oxygens (including phenoxy) is 1. The van der Waals surface area contributed by atoms with Gasteiger partial charge in [-0.2, -0.15) is 0 Å². The number of carbonyl (C=O) groups excluding carboxylic acids is 1. The first-order valence-corrected chi connectivity index (χ1v) is 5.37. The SMILES string of the molecule is CN(C)C(=O)Oc1ccccc1CC(N)C(=O)O. The lowest BCUT2D eigenvalue weighted by Gasteiger charge is -2.14. The predicted molar refractivity (Wildman–Crippen MR) is 65.5 cm³/mol. The van der Waals surface area contributed by atoms with Gasteiger partial charge in [-0.15, -0.1) is 0 Å². The molecule has 0 radical (unpaired) electrons. The molecule has 18 heavy (non-hydrogen) atoms. The third-order valence-electron chi connectivity index (χ3n) is 2.29. The molecule has 0 aliphatic heterocycles. The van der Waals surface area contributed by atoms with Crippen LogP contribution in [0.5, 0.6) is 5.75 Å². The summed E-state index contributed by atoms with van der Waals surface area (Å²) in [5.41, 5.74) is 6.04. The van der Waals surface area contributed by atoms with E-state index < -0.39 is 18.1 Å². The van der Waals surface area contributed by atoms with Crippen molar-refractivity contribution in [1.82, 2.24) is 4.90 Å². The smallest absolute Gasteiger partial charge is 0.414 e. The zero-order valence-electron chi connectivity index (χ0n) is 10.3. The number of nitrogens with two attached hydrogens (primary N) is 1. The Morgan fingerprint density at radius 3 is 2.56 bits per heavy atom. The minimum atomic E-state index is -1.09. The van der Waals surface area contributed by atoms with Crippen LogP contribution in [-0.4, -0.2) is 42.2 Å².